The SMILES string of the molecule is C=C(Br)CNC(=O)c1ccccc1C(=O)O. The number of hydrogen-bond acceptors (Lipinski definition) is 2. The van der Waals surface area contributed by atoms with Gasteiger partial charge in [0.25, 0.3) is 5.91 Å². The predicted molar refractivity (Wildman–Crippen MR) is 63.8 cm³/mol. The fraction of sp³-hybridized carbons (Fsp3) is 0.0909. The molecule has 0 aliphatic heterocycles. The summed E-state index contributed by atoms with van der Waals surface area (Å²) in [5.41, 5.74) is 0.129. The predicted octanol–water partition coefficient (Wildman–Crippen LogP) is 2.02. The van der Waals surface area contributed by atoms with Crippen molar-refractivity contribution in [2.24, 2.45) is 0 Å². The molecule has 5 heteroatoms. The third kappa shape index (κ3) is 3.20. The minimum absolute atomic E-state index is 0.0137. The van der Waals surface area contributed by atoms with Crippen LogP contribution in [0.2, 0.25) is 0 Å². The summed E-state index contributed by atoms with van der Waals surface area (Å²) in [7, 11) is 0. The lowest BCUT2D eigenvalue weighted by molar-refractivity contribution is 0.0691. The molecule has 4 nitrogen and oxygen atoms in total. The van der Waals surface area contributed by atoms with Gasteiger partial charge < -0.3 is 10.4 Å². The third-order valence-electron chi connectivity index (χ3n) is 1.84. The molecule has 2 N–H and O–H groups in total. The molecular formula is C11H10BrNO3. The van der Waals surface area contributed by atoms with Crippen LogP contribution < -0.4 is 5.32 Å². The maximum absolute atomic E-state index is 11.6. The van der Waals surface area contributed by atoms with Crippen molar-refractivity contribution in [3.8, 4) is 0 Å². The molecule has 84 valence electrons. The van der Waals surface area contributed by atoms with Gasteiger partial charge in [0.05, 0.1) is 11.1 Å². The average Bonchev–Trinajstić information content (AvgIpc) is 2.25. The van der Waals surface area contributed by atoms with Crippen molar-refractivity contribution in [3.05, 3.63) is 46.5 Å². The van der Waals surface area contributed by atoms with Crippen LogP contribution in [0.4, 0.5) is 0 Å². The van der Waals surface area contributed by atoms with Gasteiger partial charge >= 0.3 is 5.97 Å². The highest BCUT2D eigenvalue weighted by molar-refractivity contribution is 9.11. The lowest BCUT2D eigenvalue weighted by Gasteiger charge is -2.06. The summed E-state index contributed by atoms with van der Waals surface area (Å²) in [6.07, 6.45) is 0. The molecule has 0 radical (unpaired) electrons. The second-order valence-corrected chi connectivity index (χ2v) is 4.17. The molecule has 0 heterocycles. The number of benzene rings is 1. The van der Waals surface area contributed by atoms with E-state index in [1.54, 1.807) is 12.1 Å². The van der Waals surface area contributed by atoms with Crippen LogP contribution >= 0.6 is 15.9 Å². The Labute approximate surface area is 101 Å². The largest absolute Gasteiger partial charge is 0.478 e. The average molecular weight is 284 g/mol. The molecule has 0 spiro atoms. The highest BCUT2D eigenvalue weighted by Crippen LogP contribution is 2.09. The summed E-state index contributed by atoms with van der Waals surface area (Å²) in [6, 6.07) is 6.05. The van der Waals surface area contributed by atoms with E-state index in [1.807, 2.05) is 0 Å². The summed E-state index contributed by atoms with van der Waals surface area (Å²) in [6.45, 7) is 3.82. The van der Waals surface area contributed by atoms with Crippen molar-refractivity contribution >= 4 is 27.8 Å². The third-order valence-corrected chi connectivity index (χ3v) is 2.12. The highest BCUT2D eigenvalue weighted by Gasteiger charge is 2.14. The number of carboxylic acid groups (broad SMARTS) is 1. The molecule has 16 heavy (non-hydrogen) atoms. The lowest BCUT2D eigenvalue weighted by atomic mass is 10.1. The van der Waals surface area contributed by atoms with Crippen molar-refractivity contribution in [1.82, 2.24) is 5.32 Å². The highest BCUT2D eigenvalue weighted by atomic mass is 79.9. The summed E-state index contributed by atoms with van der Waals surface area (Å²) in [5, 5.41) is 11.4. The van der Waals surface area contributed by atoms with Gasteiger partial charge in [-0.3, -0.25) is 4.79 Å². The number of carboxylic acids is 1. The summed E-state index contributed by atoms with van der Waals surface area (Å²) < 4.78 is 0.619. The van der Waals surface area contributed by atoms with Gasteiger partial charge in [-0.25, -0.2) is 4.79 Å². The van der Waals surface area contributed by atoms with Crippen molar-refractivity contribution in [2.45, 2.75) is 0 Å². The number of hydrogen-bond donors (Lipinski definition) is 2. The fourth-order valence-electron chi connectivity index (χ4n) is 1.14. The van der Waals surface area contributed by atoms with Gasteiger partial charge in [0, 0.05) is 11.0 Å². The van der Waals surface area contributed by atoms with Crippen molar-refractivity contribution in [2.75, 3.05) is 6.54 Å². The molecule has 0 saturated carbocycles. The monoisotopic (exact) mass is 283 g/mol. The second-order valence-electron chi connectivity index (χ2n) is 3.05. The molecule has 1 aromatic rings. The topological polar surface area (TPSA) is 66.4 Å². The van der Waals surface area contributed by atoms with E-state index in [4.69, 9.17) is 5.11 Å². The Morgan fingerprint density at radius 1 is 1.31 bits per heavy atom. The molecule has 0 fully saturated rings. The summed E-state index contributed by atoms with van der Waals surface area (Å²) in [4.78, 5) is 22.5. The second kappa shape index (κ2) is 5.46. The molecule has 1 aromatic carbocycles. The van der Waals surface area contributed by atoms with Gasteiger partial charge in [-0.1, -0.05) is 34.6 Å². The molecular weight excluding hydrogens is 274 g/mol. The van der Waals surface area contributed by atoms with E-state index in [1.165, 1.54) is 12.1 Å². The van der Waals surface area contributed by atoms with E-state index < -0.39 is 11.9 Å². The normalized spacial score (nSPS) is 9.56. The summed E-state index contributed by atoms with van der Waals surface area (Å²) in [5.74, 6) is -1.55. The molecule has 0 bridgehead atoms. The zero-order chi connectivity index (χ0) is 12.1. The molecule has 0 aromatic heterocycles. The van der Waals surface area contributed by atoms with Gasteiger partial charge in [0.15, 0.2) is 0 Å². The molecule has 0 saturated heterocycles. The zero-order valence-electron chi connectivity index (χ0n) is 8.37. The number of carbonyl (C=O) groups is 2. The number of halogens is 1. The van der Waals surface area contributed by atoms with Crippen LogP contribution in [0, 0.1) is 0 Å². The van der Waals surface area contributed by atoms with Crippen LogP contribution in [-0.2, 0) is 0 Å². The van der Waals surface area contributed by atoms with E-state index in [2.05, 4.69) is 27.8 Å². The minimum Gasteiger partial charge on any atom is -0.478 e. The number of amides is 1. The number of aromatic carboxylic acids is 1. The first kappa shape index (κ1) is 12.4. The Kier molecular flexibility index (Phi) is 4.25. The Hall–Kier alpha value is -1.62. The standard InChI is InChI=1S/C11H10BrNO3/c1-7(12)6-13-10(14)8-4-2-3-5-9(8)11(15)16/h2-5H,1,6H2,(H,13,14)(H,15,16). The number of nitrogens with one attached hydrogen (secondary N) is 1. The maximum Gasteiger partial charge on any atom is 0.336 e. The fourth-order valence-corrected chi connectivity index (χ4v) is 1.28. The first-order valence-corrected chi connectivity index (χ1v) is 5.25. The molecule has 0 atom stereocenters. The van der Waals surface area contributed by atoms with Crippen LogP contribution in [0.15, 0.2) is 35.3 Å². The zero-order valence-corrected chi connectivity index (χ0v) is 9.95. The van der Waals surface area contributed by atoms with Crippen LogP contribution in [-0.4, -0.2) is 23.5 Å². The Morgan fingerprint density at radius 3 is 2.38 bits per heavy atom. The minimum atomic E-state index is -1.12. The van der Waals surface area contributed by atoms with E-state index in [-0.39, 0.29) is 17.7 Å². The van der Waals surface area contributed by atoms with E-state index in [0.29, 0.717) is 4.48 Å². The Morgan fingerprint density at radius 2 is 1.88 bits per heavy atom. The van der Waals surface area contributed by atoms with Gasteiger partial charge in [0.1, 0.15) is 0 Å². The van der Waals surface area contributed by atoms with Crippen LogP contribution in [0.5, 0.6) is 0 Å². The van der Waals surface area contributed by atoms with Crippen molar-refractivity contribution in [3.63, 3.8) is 0 Å². The van der Waals surface area contributed by atoms with Crippen LogP contribution in [0.3, 0.4) is 0 Å². The van der Waals surface area contributed by atoms with Crippen LogP contribution in [0.25, 0.3) is 0 Å². The molecule has 0 aliphatic carbocycles. The van der Waals surface area contributed by atoms with Gasteiger partial charge in [-0.15, -0.1) is 0 Å². The molecule has 0 unspecified atom stereocenters. The Balaban J connectivity index is 2.90. The van der Waals surface area contributed by atoms with Crippen LogP contribution in [0.1, 0.15) is 20.7 Å². The van der Waals surface area contributed by atoms with Crippen molar-refractivity contribution < 1.29 is 14.7 Å². The number of carbonyl (C=O) groups excluding carboxylic acids is 1. The lowest BCUT2D eigenvalue weighted by Crippen LogP contribution is -2.26. The maximum atomic E-state index is 11.6. The van der Waals surface area contributed by atoms with Gasteiger partial charge in [-0.2, -0.15) is 0 Å². The molecule has 1 rings (SSSR count). The quantitative estimate of drug-likeness (QED) is 0.889. The first-order chi connectivity index (χ1) is 7.52. The summed E-state index contributed by atoms with van der Waals surface area (Å²) >= 11 is 3.10. The van der Waals surface area contributed by atoms with E-state index in [9.17, 15) is 9.59 Å². The molecule has 0 aliphatic rings. The smallest absolute Gasteiger partial charge is 0.336 e. The molecule has 1 amide bonds. The Bertz CT molecular complexity index is 443. The van der Waals surface area contributed by atoms with E-state index in [0.717, 1.165) is 0 Å². The van der Waals surface area contributed by atoms with Crippen molar-refractivity contribution in [1.29, 1.82) is 0 Å². The van der Waals surface area contributed by atoms with Gasteiger partial charge in [0.2, 0.25) is 0 Å². The van der Waals surface area contributed by atoms with Gasteiger partial charge in [-0.05, 0) is 12.1 Å². The first-order valence-electron chi connectivity index (χ1n) is 4.46. The van der Waals surface area contributed by atoms with E-state index >= 15 is 0 Å². The number of rotatable bonds is 4.